The standard InChI is InChI=1S/C9H18N2O4S/c1-16(12,13)10-8-6-15-7-9(8)11-2-4-14-5-3-11/h8-10H,2-7H2,1H3/t8-,9-/m0/s1. The highest BCUT2D eigenvalue weighted by molar-refractivity contribution is 7.88. The monoisotopic (exact) mass is 250 g/mol. The first-order chi connectivity index (χ1) is 7.56. The molecule has 0 aromatic carbocycles. The molecule has 0 saturated carbocycles. The second kappa shape index (κ2) is 4.97. The molecule has 2 saturated heterocycles. The van der Waals surface area contributed by atoms with E-state index in [2.05, 4.69) is 9.62 Å². The van der Waals surface area contributed by atoms with Crippen molar-refractivity contribution < 1.29 is 17.9 Å². The third-order valence-corrected chi connectivity index (χ3v) is 3.66. The van der Waals surface area contributed by atoms with Gasteiger partial charge < -0.3 is 9.47 Å². The molecule has 7 heteroatoms. The van der Waals surface area contributed by atoms with Gasteiger partial charge in [-0.1, -0.05) is 0 Å². The lowest BCUT2D eigenvalue weighted by atomic mass is 10.1. The van der Waals surface area contributed by atoms with Crippen molar-refractivity contribution in [1.82, 2.24) is 9.62 Å². The van der Waals surface area contributed by atoms with Crippen molar-refractivity contribution in [2.75, 3.05) is 45.8 Å². The van der Waals surface area contributed by atoms with Crippen LogP contribution >= 0.6 is 0 Å². The van der Waals surface area contributed by atoms with E-state index in [1.165, 1.54) is 6.26 Å². The Labute approximate surface area is 95.9 Å². The molecule has 2 fully saturated rings. The third-order valence-electron chi connectivity index (χ3n) is 2.93. The van der Waals surface area contributed by atoms with Gasteiger partial charge in [0.1, 0.15) is 0 Å². The third kappa shape index (κ3) is 3.14. The summed E-state index contributed by atoms with van der Waals surface area (Å²) in [5.74, 6) is 0. The van der Waals surface area contributed by atoms with E-state index in [4.69, 9.17) is 9.47 Å². The lowest BCUT2D eigenvalue weighted by molar-refractivity contribution is 0.0117. The topological polar surface area (TPSA) is 67.9 Å². The number of morpholine rings is 1. The molecule has 16 heavy (non-hydrogen) atoms. The van der Waals surface area contributed by atoms with Gasteiger partial charge in [0.05, 0.1) is 44.8 Å². The summed E-state index contributed by atoms with van der Waals surface area (Å²) in [5.41, 5.74) is 0. The predicted octanol–water partition coefficient (Wildman–Crippen LogP) is -1.36. The van der Waals surface area contributed by atoms with Crippen molar-refractivity contribution in [2.45, 2.75) is 12.1 Å². The Balaban J connectivity index is 1.97. The molecule has 0 spiro atoms. The molecule has 0 bridgehead atoms. The average molecular weight is 250 g/mol. The van der Waals surface area contributed by atoms with E-state index in [-0.39, 0.29) is 12.1 Å². The first kappa shape index (κ1) is 12.3. The molecule has 94 valence electrons. The van der Waals surface area contributed by atoms with E-state index >= 15 is 0 Å². The van der Waals surface area contributed by atoms with Gasteiger partial charge in [0.25, 0.3) is 0 Å². The minimum atomic E-state index is -3.17. The van der Waals surface area contributed by atoms with Crippen LogP contribution in [-0.4, -0.2) is 71.2 Å². The van der Waals surface area contributed by atoms with Crippen LogP contribution in [0.2, 0.25) is 0 Å². The summed E-state index contributed by atoms with van der Waals surface area (Å²) in [5, 5.41) is 0. The summed E-state index contributed by atoms with van der Waals surface area (Å²) >= 11 is 0. The lowest BCUT2D eigenvalue weighted by Crippen LogP contribution is -2.53. The Morgan fingerprint density at radius 1 is 1.19 bits per heavy atom. The average Bonchev–Trinajstić information content (AvgIpc) is 2.64. The molecule has 2 aliphatic rings. The fraction of sp³-hybridized carbons (Fsp3) is 1.00. The van der Waals surface area contributed by atoms with Crippen LogP contribution in [0.3, 0.4) is 0 Å². The van der Waals surface area contributed by atoms with Gasteiger partial charge in [-0.05, 0) is 0 Å². The Morgan fingerprint density at radius 2 is 1.88 bits per heavy atom. The highest BCUT2D eigenvalue weighted by Gasteiger charge is 2.35. The van der Waals surface area contributed by atoms with Gasteiger partial charge in [0.2, 0.25) is 10.0 Å². The number of nitrogens with zero attached hydrogens (tertiary/aromatic N) is 1. The molecule has 6 nitrogen and oxygen atoms in total. The van der Waals surface area contributed by atoms with Gasteiger partial charge >= 0.3 is 0 Å². The van der Waals surface area contributed by atoms with Crippen LogP contribution in [0.5, 0.6) is 0 Å². The number of ether oxygens (including phenoxy) is 2. The second-order valence-corrected chi connectivity index (χ2v) is 6.03. The summed E-state index contributed by atoms with van der Waals surface area (Å²) in [7, 11) is -3.17. The van der Waals surface area contributed by atoms with Gasteiger partial charge in [-0.3, -0.25) is 4.90 Å². The van der Waals surface area contributed by atoms with Crippen LogP contribution < -0.4 is 4.72 Å². The Morgan fingerprint density at radius 3 is 2.50 bits per heavy atom. The molecular weight excluding hydrogens is 232 g/mol. The van der Waals surface area contributed by atoms with Crippen LogP contribution in [0.15, 0.2) is 0 Å². The zero-order valence-electron chi connectivity index (χ0n) is 9.39. The molecule has 2 aliphatic heterocycles. The zero-order valence-corrected chi connectivity index (χ0v) is 10.2. The van der Waals surface area contributed by atoms with Crippen LogP contribution in [-0.2, 0) is 19.5 Å². The van der Waals surface area contributed by atoms with Gasteiger partial charge in [0.15, 0.2) is 0 Å². The number of hydrogen-bond donors (Lipinski definition) is 1. The smallest absolute Gasteiger partial charge is 0.209 e. The van der Waals surface area contributed by atoms with Crippen molar-refractivity contribution in [2.24, 2.45) is 0 Å². The van der Waals surface area contributed by atoms with Crippen LogP contribution in [0, 0.1) is 0 Å². The molecule has 0 aromatic rings. The molecule has 0 aromatic heterocycles. The first-order valence-electron chi connectivity index (χ1n) is 5.43. The number of rotatable bonds is 3. The first-order valence-corrected chi connectivity index (χ1v) is 7.32. The largest absolute Gasteiger partial charge is 0.379 e. The Kier molecular flexibility index (Phi) is 3.81. The van der Waals surface area contributed by atoms with E-state index in [1.54, 1.807) is 0 Å². The molecule has 0 radical (unpaired) electrons. The number of hydrogen-bond acceptors (Lipinski definition) is 5. The van der Waals surface area contributed by atoms with E-state index in [9.17, 15) is 8.42 Å². The maximum Gasteiger partial charge on any atom is 0.209 e. The highest BCUT2D eigenvalue weighted by atomic mass is 32.2. The molecule has 2 heterocycles. The highest BCUT2D eigenvalue weighted by Crippen LogP contribution is 2.15. The van der Waals surface area contributed by atoms with Crippen molar-refractivity contribution >= 4 is 10.0 Å². The van der Waals surface area contributed by atoms with Gasteiger partial charge in [-0.15, -0.1) is 0 Å². The molecule has 0 unspecified atom stereocenters. The summed E-state index contributed by atoms with van der Waals surface area (Å²) < 4.78 is 35.7. The fourth-order valence-corrected chi connectivity index (χ4v) is 2.97. The lowest BCUT2D eigenvalue weighted by Gasteiger charge is -2.34. The summed E-state index contributed by atoms with van der Waals surface area (Å²) in [6, 6.07) is 0.00623. The zero-order chi connectivity index (χ0) is 11.6. The summed E-state index contributed by atoms with van der Waals surface area (Å²) in [6.07, 6.45) is 1.18. The molecule has 2 rings (SSSR count). The number of sulfonamides is 1. The van der Waals surface area contributed by atoms with E-state index in [1.807, 2.05) is 0 Å². The minimum absolute atomic E-state index is 0.131. The van der Waals surface area contributed by atoms with Gasteiger partial charge in [-0.25, -0.2) is 13.1 Å². The predicted molar refractivity (Wildman–Crippen MR) is 58.8 cm³/mol. The SMILES string of the molecule is CS(=O)(=O)N[C@H]1COC[C@@H]1N1CCOCC1. The van der Waals surface area contributed by atoms with Crippen LogP contribution in [0.1, 0.15) is 0 Å². The van der Waals surface area contributed by atoms with Crippen molar-refractivity contribution in [3.05, 3.63) is 0 Å². The van der Waals surface area contributed by atoms with Crippen molar-refractivity contribution in [3.63, 3.8) is 0 Å². The van der Waals surface area contributed by atoms with Gasteiger partial charge in [-0.2, -0.15) is 0 Å². The van der Waals surface area contributed by atoms with Gasteiger partial charge in [0, 0.05) is 13.1 Å². The maximum absolute atomic E-state index is 11.2. The maximum atomic E-state index is 11.2. The minimum Gasteiger partial charge on any atom is -0.379 e. The van der Waals surface area contributed by atoms with E-state index in [0.717, 1.165) is 13.1 Å². The molecule has 0 amide bonds. The van der Waals surface area contributed by atoms with E-state index < -0.39 is 10.0 Å². The second-order valence-electron chi connectivity index (χ2n) is 4.25. The molecule has 1 N–H and O–H groups in total. The Bertz CT molecular complexity index is 326. The van der Waals surface area contributed by atoms with Crippen molar-refractivity contribution in [3.8, 4) is 0 Å². The summed E-state index contributed by atoms with van der Waals surface area (Å²) in [4.78, 5) is 2.24. The number of nitrogens with one attached hydrogen (secondary N) is 1. The van der Waals surface area contributed by atoms with Crippen LogP contribution in [0.25, 0.3) is 0 Å². The van der Waals surface area contributed by atoms with E-state index in [0.29, 0.717) is 26.4 Å². The Hall–Kier alpha value is -0.210. The fourth-order valence-electron chi connectivity index (χ4n) is 2.20. The summed E-state index contributed by atoms with van der Waals surface area (Å²) in [6.45, 7) is 4.15. The molecule has 2 atom stereocenters. The quantitative estimate of drug-likeness (QED) is 0.670. The molecular formula is C9H18N2O4S. The van der Waals surface area contributed by atoms with Crippen LogP contribution in [0.4, 0.5) is 0 Å². The van der Waals surface area contributed by atoms with Crippen molar-refractivity contribution in [1.29, 1.82) is 0 Å². The normalized spacial score (nSPS) is 33.1. The molecule has 0 aliphatic carbocycles.